The lowest BCUT2D eigenvalue weighted by Gasteiger charge is -2.42. The normalized spacial score (nSPS) is 28.2. The minimum atomic E-state index is -0.145. The van der Waals surface area contributed by atoms with Crippen LogP contribution in [0.2, 0.25) is 0 Å². The molecular weight excluding hydrogens is 234 g/mol. The topological polar surface area (TPSA) is 35.2 Å². The van der Waals surface area contributed by atoms with Crippen molar-refractivity contribution >= 4 is 0 Å². The van der Waals surface area contributed by atoms with Gasteiger partial charge in [-0.15, -0.1) is 0 Å². The van der Waals surface area contributed by atoms with Crippen molar-refractivity contribution in [3.63, 3.8) is 0 Å². The summed E-state index contributed by atoms with van der Waals surface area (Å²) in [6.45, 7) is 7.03. The zero-order valence-electron chi connectivity index (χ0n) is 12.7. The molecule has 0 atom stereocenters. The summed E-state index contributed by atoms with van der Waals surface area (Å²) in [5.74, 6) is 1.69. The van der Waals surface area contributed by atoms with Crippen LogP contribution in [0.3, 0.4) is 0 Å². The molecule has 106 valence electrons. The lowest BCUT2D eigenvalue weighted by atomic mass is 9.66. The van der Waals surface area contributed by atoms with E-state index in [9.17, 15) is 0 Å². The molecule has 0 spiro atoms. The number of methoxy groups -OCH3 is 1. The van der Waals surface area contributed by atoms with Gasteiger partial charge in [-0.2, -0.15) is 0 Å². The zero-order valence-corrected chi connectivity index (χ0v) is 12.7. The van der Waals surface area contributed by atoms with Crippen molar-refractivity contribution in [2.45, 2.75) is 52.0 Å². The van der Waals surface area contributed by atoms with Crippen molar-refractivity contribution in [3.8, 4) is 5.75 Å². The van der Waals surface area contributed by atoms with Gasteiger partial charge in [-0.25, -0.2) is 0 Å². The maximum absolute atomic E-state index is 6.64. The Morgan fingerprint density at radius 2 is 1.63 bits per heavy atom. The summed E-state index contributed by atoms with van der Waals surface area (Å²) in [5.41, 5.74) is 8.15. The lowest BCUT2D eigenvalue weighted by molar-refractivity contribution is 0.134. The quantitative estimate of drug-likeness (QED) is 0.870. The first kappa shape index (κ1) is 14.4. The maximum Gasteiger partial charge on any atom is 0.118 e. The predicted molar refractivity (Wildman–Crippen MR) is 80.3 cm³/mol. The molecule has 0 aromatic heterocycles. The van der Waals surface area contributed by atoms with Crippen LogP contribution in [-0.4, -0.2) is 7.11 Å². The second-order valence-corrected chi connectivity index (χ2v) is 7.02. The van der Waals surface area contributed by atoms with Crippen molar-refractivity contribution in [2.24, 2.45) is 17.1 Å². The Hall–Kier alpha value is -1.02. The first-order chi connectivity index (χ1) is 8.85. The van der Waals surface area contributed by atoms with Gasteiger partial charge in [0, 0.05) is 5.54 Å². The highest BCUT2D eigenvalue weighted by molar-refractivity contribution is 5.32. The van der Waals surface area contributed by atoms with Crippen LogP contribution >= 0.6 is 0 Å². The van der Waals surface area contributed by atoms with Crippen LogP contribution in [0.5, 0.6) is 5.75 Å². The molecule has 1 aliphatic rings. The largest absolute Gasteiger partial charge is 0.497 e. The average molecular weight is 261 g/mol. The molecule has 0 unspecified atom stereocenters. The molecule has 2 heteroatoms. The molecular formula is C17H27NO. The van der Waals surface area contributed by atoms with Crippen LogP contribution in [0, 0.1) is 11.3 Å². The standard InChI is InChI=1S/C17H27NO/c1-16(2,3)13-9-11-17(18,12-10-13)14-5-7-15(19-4)8-6-14/h5-8,13H,9-12,18H2,1-4H3. The Balaban J connectivity index is 2.08. The smallest absolute Gasteiger partial charge is 0.118 e. The molecule has 2 nitrogen and oxygen atoms in total. The van der Waals surface area contributed by atoms with Gasteiger partial charge in [0.2, 0.25) is 0 Å². The fraction of sp³-hybridized carbons (Fsp3) is 0.647. The number of benzene rings is 1. The van der Waals surface area contributed by atoms with E-state index in [1.807, 2.05) is 12.1 Å². The monoisotopic (exact) mass is 261 g/mol. The Kier molecular flexibility index (Phi) is 3.91. The second kappa shape index (κ2) is 5.16. The fourth-order valence-electron chi connectivity index (χ4n) is 3.21. The Bertz CT molecular complexity index is 408. The third kappa shape index (κ3) is 3.11. The van der Waals surface area contributed by atoms with Gasteiger partial charge in [-0.05, 0) is 54.7 Å². The minimum absolute atomic E-state index is 0.145. The molecule has 1 aliphatic carbocycles. The number of ether oxygens (including phenoxy) is 1. The fourth-order valence-corrected chi connectivity index (χ4v) is 3.21. The number of nitrogens with two attached hydrogens (primary N) is 1. The van der Waals surface area contributed by atoms with Gasteiger partial charge in [0.1, 0.15) is 5.75 Å². The molecule has 2 N–H and O–H groups in total. The van der Waals surface area contributed by atoms with E-state index in [0.29, 0.717) is 5.41 Å². The Labute approximate surface area is 117 Å². The van der Waals surface area contributed by atoms with E-state index < -0.39 is 0 Å². The van der Waals surface area contributed by atoms with Crippen LogP contribution in [0.15, 0.2) is 24.3 Å². The SMILES string of the molecule is COc1ccc(C2(N)CCC(C(C)(C)C)CC2)cc1. The van der Waals surface area contributed by atoms with Gasteiger partial charge in [0.25, 0.3) is 0 Å². The number of hydrogen-bond acceptors (Lipinski definition) is 2. The third-order valence-corrected chi connectivity index (χ3v) is 4.77. The van der Waals surface area contributed by atoms with Gasteiger partial charge in [0.15, 0.2) is 0 Å². The van der Waals surface area contributed by atoms with Crippen LogP contribution in [0.4, 0.5) is 0 Å². The molecule has 0 amide bonds. The highest BCUT2D eigenvalue weighted by atomic mass is 16.5. The summed E-state index contributed by atoms with van der Waals surface area (Å²) in [4.78, 5) is 0. The molecule has 1 fully saturated rings. The Morgan fingerprint density at radius 3 is 2.05 bits per heavy atom. The lowest BCUT2D eigenvalue weighted by Crippen LogP contribution is -2.42. The van der Waals surface area contributed by atoms with Crippen molar-refractivity contribution in [2.75, 3.05) is 7.11 Å². The highest BCUT2D eigenvalue weighted by Crippen LogP contribution is 2.44. The van der Waals surface area contributed by atoms with Crippen LogP contribution in [0.25, 0.3) is 0 Å². The van der Waals surface area contributed by atoms with Crippen LogP contribution in [-0.2, 0) is 5.54 Å². The van der Waals surface area contributed by atoms with Crippen molar-refractivity contribution in [1.29, 1.82) is 0 Å². The van der Waals surface area contributed by atoms with Crippen LogP contribution < -0.4 is 10.5 Å². The van der Waals surface area contributed by atoms with Gasteiger partial charge in [-0.1, -0.05) is 32.9 Å². The van der Waals surface area contributed by atoms with Gasteiger partial charge in [-0.3, -0.25) is 0 Å². The Morgan fingerprint density at radius 1 is 1.11 bits per heavy atom. The van der Waals surface area contributed by atoms with Crippen molar-refractivity contribution in [1.82, 2.24) is 0 Å². The second-order valence-electron chi connectivity index (χ2n) is 7.02. The zero-order chi connectivity index (χ0) is 14.1. The molecule has 0 bridgehead atoms. The summed E-state index contributed by atoms with van der Waals surface area (Å²) in [6.07, 6.45) is 4.63. The van der Waals surface area contributed by atoms with E-state index in [0.717, 1.165) is 24.5 Å². The van der Waals surface area contributed by atoms with Gasteiger partial charge in [0.05, 0.1) is 7.11 Å². The summed E-state index contributed by atoms with van der Waals surface area (Å²) < 4.78 is 5.21. The molecule has 1 aromatic carbocycles. The molecule has 0 heterocycles. The van der Waals surface area contributed by atoms with Gasteiger partial charge < -0.3 is 10.5 Å². The predicted octanol–water partition coefficient (Wildman–Crippen LogP) is 4.09. The molecule has 0 aliphatic heterocycles. The summed E-state index contributed by atoms with van der Waals surface area (Å²) in [5, 5.41) is 0. The molecule has 19 heavy (non-hydrogen) atoms. The van der Waals surface area contributed by atoms with E-state index >= 15 is 0 Å². The molecule has 1 saturated carbocycles. The maximum atomic E-state index is 6.64. The summed E-state index contributed by atoms with van der Waals surface area (Å²) in [7, 11) is 1.70. The van der Waals surface area contributed by atoms with E-state index in [2.05, 4.69) is 32.9 Å². The van der Waals surface area contributed by atoms with E-state index in [-0.39, 0.29) is 5.54 Å². The summed E-state index contributed by atoms with van der Waals surface area (Å²) in [6, 6.07) is 8.27. The van der Waals surface area contributed by atoms with Crippen molar-refractivity contribution in [3.05, 3.63) is 29.8 Å². The van der Waals surface area contributed by atoms with E-state index in [1.165, 1.54) is 18.4 Å². The molecule has 0 saturated heterocycles. The van der Waals surface area contributed by atoms with Crippen molar-refractivity contribution < 1.29 is 4.74 Å². The average Bonchev–Trinajstić information content (AvgIpc) is 2.38. The molecule has 1 aromatic rings. The summed E-state index contributed by atoms with van der Waals surface area (Å²) >= 11 is 0. The molecule has 2 rings (SSSR count). The van der Waals surface area contributed by atoms with Crippen LogP contribution in [0.1, 0.15) is 52.0 Å². The minimum Gasteiger partial charge on any atom is -0.497 e. The third-order valence-electron chi connectivity index (χ3n) is 4.77. The highest BCUT2D eigenvalue weighted by Gasteiger charge is 2.37. The van der Waals surface area contributed by atoms with Gasteiger partial charge >= 0.3 is 0 Å². The molecule has 0 radical (unpaired) electrons. The van der Waals surface area contributed by atoms with E-state index in [4.69, 9.17) is 10.5 Å². The number of hydrogen-bond donors (Lipinski definition) is 1. The number of rotatable bonds is 2. The first-order valence-corrected chi connectivity index (χ1v) is 7.28. The van der Waals surface area contributed by atoms with E-state index in [1.54, 1.807) is 7.11 Å². The first-order valence-electron chi connectivity index (χ1n) is 7.28.